The van der Waals surface area contributed by atoms with Crippen molar-refractivity contribution in [1.29, 1.82) is 0 Å². The molecule has 3 nitrogen and oxygen atoms in total. The van der Waals surface area contributed by atoms with E-state index in [9.17, 15) is 0 Å². The molecule has 2 aromatic rings. The quantitative estimate of drug-likeness (QED) is 0.858. The number of rotatable bonds is 3. The van der Waals surface area contributed by atoms with Gasteiger partial charge in [0.2, 0.25) is 0 Å². The number of furan rings is 1. The van der Waals surface area contributed by atoms with E-state index in [4.69, 9.17) is 10.2 Å². The van der Waals surface area contributed by atoms with Crippen molar-refractivity contribution in [3.05, 3.63) is 53.7 Å². The van der Waals surface area contributed by atoms with Gasteiger partial charge in [0.15, 0.2) is 0 Å². The Kier molecular flexibility index (Phi) is 3.06. The van der Waals surface area contributed by atoms with Crippen LogP contribution >= 0.6 is 0 Å². The fraction of sp³-hybridized carbons (Fsp3) is 0.308. The summed E-state index contributed by atoms with van der Waals surface area (Å²) < 4.78 is 5.27. The van der Waals surface area contributed by atoms with Crippen LogP contribution in [-0.4, -0.2) is 4.98 Å². The summed E-state index contributed by atoms with van der Waals surface area (Å²) in [6, 6.07) is 7.74. The lowest BCUT2D eigenvalue weighted by Gasteiger charge is -2.18. The zero-order valence-electron chi connectivity index (χ0n) is 9.55. The molecular weight excluding hydrogens is 200 g/mol. The van der Waals surface area contributed by atoms with Crippen molar-refractivity contribution in [2.75, 3.05) is 0 Å². The van der Waals surface area contributed by atoms with Gasteiger partial charge in [-0.3, -0.25) is 4.98 Å². The van der Waals surface area contributed by atoms with Gasteiger partial charge in [-0.15, -0.1) is 0 Å². The molecule has 2 heterocycles. The molecule has 0 fully saturated rings. The Labute approximate surface area is 95.3 Å². The Morgan fingerprint density at radius 1 is 1.31 bits per heavy atom. The lowest BCUT2D eigenvalue weighted by atomic mass is 9.92. The van der Waals surface area contributed by atoms with Gasteiger partial charge in [-0.05, 0) is 25.1 Å². The van der Waals surface area contributed by atoms with Gasteiger partial charge in [-0.1, -0.05) is 13.0 Å². The van der Waals surface area contributed by atoms with Crippen LogP contribution < -0.4 is 5.73 Å². The maximum Gasteiger partial charge on any atom is 0.105 e. The molecule has 2 unspecified atom stereocenters. The van der Waals surface area contributed by atoms with E-state index in [1.807, 2.05) is 31.2 Å². The summed E-state index contributed by atoms with van der Waals surface area (Å²) in [7, 11) is 0. The average molecular weight is 216 g/mol. The van der Waals surface area contributed by atoms with Crippen molar-refractivity contribution in [1.82, 2.24) is 4.98 Å². The monoisotopic (exact) mass is 216 g/mol. The molecule has 0 saturated carbocycles. The first-order valence-corrected chi connectivity index (χ1v) is 5.40. The Bertz CT molecular complexity index is 450. The molecule has 0 spiro atoms. The highest BCUT2D eigenvalue weighted by Crippen LogP contribution is 2.29. The molecule has 2 N–H and O–H groups in total. The summed E-state index contributed by atoms with van der Waals surface area (Å²) in [4.78, 5) is 4.33. The smallest absolute Gasteiger partial charge is 0.105 e. The number of nitrogens with two attached hydrogens (primary N) is 1. The number of aromatic nitrogens is 1. The molecule has 0 saturated heterocycles. The Hall–Kier alpha value is -1.61. The van der Waals surface area contributed by atoms with Crippen LogP contribution in [0.3, 0.4) is 0 Å². The highest BCUT2D eigenvalue weighted by atomic mass is 16.3. The van der Waals surface area contributed by atoms with E-state index >= 15 is 0 Å². The minimum atomic E-state index is -0.0753. The maximum atomic E-state index is 6.22. The summed E-state index contributed by atoms with van der Waals surface area (Å²) in [5.41, 5.74) is 8.28. The Morgan fingerprint density at radius 2 is 2.12 bits per heavy atom. The average Bonchev–Trinajstić information content (AvgIpc) is 2.75. The van der Waals surface area contributed by atoms with Crippen molar-refractivity contribution in [2.24, 2.45) is 5.73 Å². The van der Waals surface area contributed by atoms with Gasteiger partial charge >= 0.3 is 0 Å². The van der Waals surface area contributed by atoms with Gasteiger partial charge in [0.1, 0.15) is 5.76 Å². The highest BCUT2D eigenvalue weighted by Gasteiger charge is 2.20. The van der Waals surface area contributed by atoms with Crippen molar-refractivity contribution >= 4 is 0 Å². The zero-order valence-corrected chi connectivity index (χ0v) is 9.55. The van der Waals surface area contributed by atoms with Gasteiger partial charge in [0.05, 0.1) is 6.26 Å². The van der Waals surface area contributed by atoms with Crippen molar-refractivity contribution in [3.8, 4) is 0 Å². The van der Waals surface area contributed by atoms with Crippen LogP contribution in [0.4, 0.5) is 0 Å². The summed E-state index contributed by atoms with van der Waals surface area (Å²) >= 11 is 0. The second-order valence-corrected chi connectivity index (χ2v) is 4.00. The van der Waals surface area contributed by atoms with E-state index in [2.05, 4.69) is 11.9 Å². The predicted molar refractivity (Wildman–Crippen MR) is 63.0 cm³/mol. The fourth-order valence-electron chi connectivity index (χ4n) is 1.84. The molecule has 0 aliphatic heterocycles. The fourth-order valence-corrected chi connectivity index (χ4v) is 1.84. The third-order valence-electron chi connectivity index (χ3n) is 2.95. The summed E-state index contributed by atoms with van der Waals surface area (Å²) in [5.74, 6) is 1.06. The molecule has 84 valence electrons. The molecule has 2 atom stereocenters. The first-order chi connectivity index (χ1) is 7.70. The van der Waals surface area contributed by atoms with Crippen LogP contribution in [0.2, 0.25) is 0 Å². The summed E-state index contributed by atoms with van der Waals surface area (Å²) in [6.07, 6.45) is 3.47. The third-order valence-corrected chi connectivity index (χ3v) is 2.95. The van der Waals surface area contributed by atoms with E-state index < -0.39 is 0 Å². The molecule has 3 heteroatoms. The summed E-state index contributed by atoms with van der Waals surface area (Å²) in [5, 5.41) is 0. The maximum absolute atomic E-state index is 6.22. The molecule has 0 radical (unpaired) electrons. The summed E-state index contributed by atoms with van der Waals surface area (Å²) in [6.45, 7) is 4.01. The number of nitrogens with zero attached hydrogens (tertiary/aromatic N) is 1. The van der Waals surface area contributed by atoms with Crippen LogP contribution in [0.1, 0.15) is 35.9 Å². The Morgan fingerprint density at radius 3 is 2.69 bits per heavy atom. The van der Waals surface area contributed by atoms with Crippen LogP contribution in [0.15, 0.2) is 41.1 Å². The van der Waals surface area contributed by atoms with Gasteiger partial charge in [0, 0.05) is 29.4 Å². The van der Waals surface area contributed by atoms with Crippen LogP contribution in [0.5, 0.6) is 0 Å². The third kappa shape index (κ3) is 1.99. The Balaban J connectivity index is 2.23. The van der Waals surface area contributed by atoms with E-state index in [1.54, 1.807) is 12.5 Å². The molecule has 16 heavy (non-hydrogen) atoms. The second-order valence-electron chi connectivity index (χ2n) is 4.00. The molecular formula is C13H16N2O. The SMILES string of the molecule is Cc1occc1C(N)C(C)c1ccccn1. The molecule has 0 bridgehead atoms. The number of hydrogen-bond donors (Lipinski definition) is 1. The van der Waals surface area contributed by atoms with Gasteiger partial charge in [0.25, 0.3) is 0 Å². The largest absolute Gasteiger partial charge is 0.469 e. The number of aryl methyl sites for hydroxylation is 1. The minimum Gasteiger partial charge on any atom is -0.469 e. The van der Waals surface area contributed by atoms with Crippen LogP contribution in [-0.2, 0) is 0 Å². The molecule has 0 aliphatic rings. The number of hydrogen-bond acceptors (Lipinski definition) is 3. The lowest BCUT2D eigenvalue weighted by molar-refractivity contribution is 0.512. The molecule has 2 rings (SSSR count). The first kappa shape index (κ1) is 10.9. The van der Waals surface area contributed by atoms with E-state index in [1.165, 1.54) is 0 Å². The molecule has 2 aromatic heterocycles. The normalized spacial score (nSPS) is 14.7. The van der Waals surface area contributed by atoms with Gasteiger partial charge < -0.3 is 10.2 Å². The van der Waals surface area contributed by atoms with Gasteiger partial charge in [-0.25, -0.2) is 0 Å². The topological polar surface area (TPSA) is 52.0 Å². The van der Waals surface area contributed by atoms with Crippen LogP contribution in [0, 0.1) is 6.92 Å². The van der Waals surface area contributed by atoms with Crippen molar-refractivity contribution in [3.63, 3.8) is 0 Å². The zero-order chi connectivity index (χ0) is 11.5. The minimum absolute atomic E-state index is 0.0753. The predicted octanol–water partition coefficient (Wildman–Crippen LogP) is 2.79. The van der Waals surface area contributed by atoms with Crippen LogP contribution in [0.25, 0.3) is 0 Å². The van der Waals surface area contributed by atoms with Crippen molar-refractivity contribution in [2.45, 2.75) is 25.8 Å². The second kappa shape index (κ2) is 4.49. The first-order valence-electron chi connectivity index (χ1n) is 5.40. The molecule has 0 aliphatic carbocycles. The van der Waals surface area contributed by atoms with E-state index in [0.29, 0.717) is 0 Å². The highest BCUT2D eigenvalue weighted by molar-refractivity contribution is 5.24. The lowest BCUT2D eigenvalue weighted by Crippen LogP contribution is -2.18. The van der Waals surface area contributed by atoms with E-state index in [-0.39, 0.29) is 12.0 Å². The number of pyridine rings is 1. The molecule has 0 aromatic carbocycles. The standard InChI is InChI=1S/C13H16N2O/c1-9(12-5-3-4-7-15-12)13(14)11-6-8-16-10(11)2/h3-9,13H,14H2,1-2H3. The molecule has 0 amide bonds. The van der Waals surface area contributed by atoms with E-state index in [0.717, 1.165) is 17.0 Å². The van der Waals surface area contributed by atoms with Crippen molar-refractivity contribution < 1.29 is 4.42 Å². The van der Waals surface area contributed by atoms with Gasteiger partial charge in [-0.2, -0.15) is 0 Å².